The Morgan fingerprint density at radius 2 is 1.81 bits per heavy atom. The molecule has 0 radical (unpaired) electrons. The number of hydrogen-bond acceptors (Lipinski definition) is 6. The number of halogens is 6. The Labute approximate surface area is 294 Å². The predicted molar refractivity (Wildman–Crippen MR) is 177 cm³/mol. The molecule has 15 heteroatoms. The highest BCUT2D eigenvalue weighted by Crippen LogP contribution is 2.38. The van der Waals surface area contributed by atoms with Crippen molar-refractivity contribution >= 4 is 5.91 Å². The van der Waals surface area contributed by atoms with Gasteiger partial charge in [0.15, 0.2) is 0 Å². The van der Waals surface area contributed by atoms with Gasteiger partial charge in [0.2, 0.25) is 11.8 Å². The lowest BCUT2D eigenvalue weighted by atomic mass is 9.94. The first-order valence-corrected chi connectivity index (χ1v) is 17.2. The molecule has 4 aromatic rings. The van der Waals surface area contributed by atoms with Crippen LogP contribution in [0.1, 0.15) is 64.7 Å². The Bertz CT molecular complexity index is 2050. The molecule has 1 saturated carbocycles. The van der Waals surface area contributed by atoms with Gasteiger partial charge in [-0.05, 0) is 85.0 Å². The average molecular weight is 730 g/mol. The third kappa shape index (κ3) is 7.33. The molecule has 4 bridgehead atoms. The summed E-state index contributed by atoms with van der Waals surface area (Å²) in [5, 5.41) is 17.3. The standard InChI is InChI=1S/C37H37F6N5O4/c1-20-10-24-12-27(33(20)40)31(7-9-49)44-35(51)34(48-15-23(6-8-46-16-25(38)17-46)29(13-32(48)50)37(41,42)43)26-11-22(4-5-30(26)39)19-52-36-28(24)18-47(45-36)14-21-2-3-21/h4-5,10-13,15,18,21,25,31,34,49H,2-3,6-9,14,16-17,19H2,1H3,(H,44,51)/t31-,34-/m0/s1. The van der Waals surface area contributed by atoms with E-state index in [0.29, 0.717) is 35.2 Å². The number of hydrogen-bond donors (Lipinski definition) is 2. The van der Waals surface area contributed by atoms with E-state index in [1.165, 1.54) is 18.2 Å². The maximum atomic E-state index is 16.0. The van der Waals surface area contributed by atoms with Crippen LogP contribution >= 0.6 is 0 Å². The lowest BCUT2D eigenvalue weighted by Crippen LogP contribution is -2.49. The lowest BCUT2D eigenvalue weighted by Gasteiger charge is -2.34. The minimum Gasteiger partial charge on any atom is -0.471 e. The van der Waals surface area contributed by atoms with Gasteiger partial charge in [-0.3, -0.25) is 23.7 Å². The molecule has 2 fully saturated rings. The van der Waals surface area contributed by atoms with Crippen LogP contribution < -0.4 is 15.6 Å². The number of fused-ring (bicyclic) bond motifs is 6. The summed E-state index contributed by atoms with van der Waals surface area (Å²) in [6, 6.07) is 4.20. The number of rotatable bonds is 8. The van der Waals surface area contributed by atoms with Crippen LogP contribution in [0.3, 0.4) is 0 Å². The molecule has 2 aromatic carbocycles. The number of aryl methyl sites for hydroxylation is 1. The SMILES string of the molecule is Cc1cc2cc(c1F)[C@H](CCO)NC(=O)[C@@H](n1cc(CCN3CC(F)C3)c(C(F)(F)F)cc1=O)c1cc(ccc1F)COc1nn(CC3CC3)cc1-2. The van der Waals surface area contributed by atoms with Crippen molar-refractivity contribution < 1.29 is 41.0 Å². The molecule has 2 aromatic heterocycles. The molecule has 2 aliphatic heterocycles. The molecule has 7 rings (SSSR count). The number of alkyl halides is 4. The van der Waals surface area contributed by atoms with Gasteiger partial charge in [-0.15, -0.1) is 5.10 Å². The number of ether oxygens (including phenoxy) is 1. The van der Waals surface area contributed by atoms with Gasteiger partial charge < -0.3 is 15.2 Å². The third-order valence-corrected chi connectivity index (χ3v) is 9.91. The van der Waals surface area contributed by atoms with Gasteiger partial charge in [-0.2, -0.15) is 13.2 Å². The van der Waals surface area contributed by atoms with Gasteiger partial charge in [0.1, 0.15) is 30.5 Å². The van der Waals surface area contributed by atoms with E-state index in [4.69, 9.17) is 4.74 Å². The second kappa shape index (κ2) is 14.1. The highest BCUT2D eigenvalue weighted by molar-refractivity contribution is 5.84. The Balaban J connectivity index is 1.37. The number of carbonyl (C=O) groups is 1. The number of aliphatic hydroxyl groups is 1. The highest BCUT2D eigenvalue weighted by atomic mass is 19.4. The lowest BCUT2D eigenvalue weighted by molar-refractivity contribution is -0.138. The molecule has 1 aliphatic carbocycles. The van der Waals surface area contributed by atoms with Crippen molar-refractivity contribution in [2.45, 2.75) is 70.2 Å². The maximum Gasteiger partial charge on any atom is 0.416 e. The maximum absolute atomic E-state index is 16.0. The normalized spacial score (nSPS) is 19.7. The van der Waals surface area contributed by atoms with Crippen LogP contribution in [0.5, 0.6) is 5.88 Å². The largest absolute Gasteiger partial charge is 0.471 e. The quantitative estimate of drug-likeness (QED) is 0.228. The first kappa shape index (κ1) is 35.8. The number of likely N-dealkylation sites (tertiary alicyclic amines) is 1. The summed E-state index contributed by atoms with van der Waals surface area (Å²) in [5.41, 5.74) is -1.49. The summed E-state index contributed by atoms with van der Waals surface area (Å²) >= 11 is 0. The van der Waals surface area contributed by atoms with Crippen LogP contribution in [0.2, 0.25) is 0 Å². The van der Waals surface area contributed by atoms with E-state index in [2.05, 4.69) is 10.4 Å². The summed E-state index contributed by atoms with van der Waals surface area (Å²) in [6.45, 7) is 1.68. The third-order valence-electron chi connectivity index (χ3n) is 9.91. The van der Waals surface area contributed by atoms with E-state index in [1.54, 1.807) is 28.8 Å². The van der Waals surface area contributed by atoms with Gasteiger partial charge >= 0.3 is 6.18 Å². The van der Waals surface area contributed by atoms with Crippen LogP contribution in [0.15, 0.2) is 53.6 Å². The van der Waals surface area contributed by atoms with Crippen molar-refractivity contribution in [3.8, 4) is 17.0 Å². The molecule has 52 heavy (non-hydrogen) atoms. The fourth-order valence-electron chi connectivity index (χ4n) is 6.94. The molecule has 276 valence electrons. The number of aliphatic hydroxyl groups excluding tert-OH is 1. The molecular weight excluding hydrogens is 692 g/mol. The van der Waals surface area contributed by atoms with Crippen LogP contribution in [0.4, 0.5) is 26.3 Å². The molecule has 2 N–H and O–H groups in total. The van der Waals surface area contributed by atoms with E-state index in [-0.39, 0.29) is 67.2 Å². The van der Waals surface area contributed by atoms with Crippen molar-refractivity contribution in [3.63, 3.8) is 0 Å². The molecule has 0 spiro atoms. The number of nitrogens with zero attached hydrogens (tertiary/aromatic N) is 4. The molecule has 2 atom stereocenters. The number of benzene rings is 2. The number of pyridine rings is 1. The molecule has 1 amide bonds. The zero-order chi connectivity index (χ0) is 36.9. The van der Waals surface area contributed by atoms with Crippen LogP contribution in [0, 0.1) is 24.5 Å². The number of amides is 1. The molecular formula is C37H37F6N5O4. The van der Waals surface area contributed by atoms with E-state index >= 15 is 8.78 Å². The monoisotopic (exact) mass is 729 g/mol. The first-order chi connectivity index (χ1) is 24.8. The van der Waals surface area contributed by atoms with Gasteiger partial charge in [-0.25, -0.2) is 13.2 Å². The minimum atomic E-state index is -4.93. The summed E-state index contributed by atoms with van der Waals surface area (Å²) < 4.78 is 96.6. The Hall–Kier alpha value is -4.63. The highest BCUT2D eigenvalue weighted by Gasteiger charge is 2.37. The number of nitrogens with one attached hydrogen (secondary N) is 1. The van der Waals surface area contributed by atoms with Crippen molar-refractivity contribution in [2.75, 3.05) is 26.2 Å². The van der Waals surface area contributed by atoms with E-state index in [9.17, 15) is 32.3 Å². The summed E-state index contributed by atoms with van der Waals surface area (Å²) in [5.74, 6) is -1.94. The van der Waals surface area contributed by atoms with Gasteiger partial charge in [0.25, 0.3) is 5.56 Å². The smallest absolute Gasteiger partial charge is 0.416 e. The van der Waals surface area contributed by atoms with Crippen LogP contribution in [-0.2, 0) is 30.5 Å². The van der Waals surface area contributed by atoms with E-state index in [0.717, 1.165) is 29.7 Å². The van der Waals surface area contributed by atoms with Crippen LogP contribution in [-0.4, -0.2) is 62.7 Å². The van der Waals surface area contributed by atoms with Gasteiger partial charge in [-0.1, -0.05) is 6.07 Å². The molecule has 3 aliphatic rings. The topological polar surface area (TPSA) is 102 Å². The Kier molecular flexibility index (Phi) is 9.67. The van der Waals surface area contributed by atoms with E-state index in [1.807, 2.05) is 0 Å². The van der Waals surface area contributed by atoms with Crippen molar-refractivity contribution in [1.82, 2.24) is 24.6 Å². The van der Waals surface area contributed by atoms with Crippen molar-refractivity contribution in [1.29, 1.82) is 0 Å². The fourth-order valence-corrected chi connectivity index (χ4v) is 6.94. The van der Waals surface area contributed by atoms with Crippen LogP contribution in [0.25, 0.3) is 11.1 Å². The Morgan fingerprint density at radius 3 is 2.50 bits per heavy atom. The minimum absolute atomic E-state index is 0.00973. The fraction of sp³-hybridized carbons (Fsp3) is 0.432. The Morgan fingerprint density at radius 1 is 1.04 bits per heavy atom. The predicted octanol–water partition coefficient (Wildman–Crippen LogP) is 5.65. The second-order valence-corrected chi connectivity index (χ2v) is 13.9. The number of carbonyl (C=O) groups excluding carboxylic acids is 1. The van der Waals surface area contributed by atoms with Gasteiger partial charge in [0, 0.05) is 62.4 Å². The first-order valence-electron chi connectivity index (χ1n) is 17.2. The zero-order valence-electron chi connectivity index (χ0n) is 28.2. The second-order valence-electron chi connectivity index (χ2n) is 13.9. The van der Waals surface area contributed by atoms with Gasteiger partial charge in [0.05, 0.1) is 17.2 Å². The average Bonchev–Trinajstić information content (AvgIpc) is 3.80. The number of aromatic nitrogens is 3. The summed E-state index contributed by atoms with van der Waals surface area (Å²) in [4.78, 5) is 29.5. The van der Waals surface area contributed by atoms with Crippen molar-refractivity contribution in [3.05, 3.63) is 104 Å². The summed E-state index contributed by atoms with van der Waals surface area (Å²) in [7, 11) is 0. The molecule has 0 unspecified atom stereocenters. The molecule has 4 heterocycles. The molecule has 9 nitrogen and oxygen atoms in total. The van der Waals surface area contributed by atoms with Crippen molar-refractivity contribution in [2.24, 2.45) is 5.92 Å². The summed E-state index contributed by atoms with van der Waals surface area (Å²) in [6.07, 6.45) is -1.64. The molecule has 1 saturated heterocycles. The zero-order valence-corrected chi connectivity index (χ0v) is 28.2. The van der Waals surface area contributed by atoms with E-state index < -0.39 is 59.7 Å².